The molecule has 0 saturated carbocycles. The molecule has 0 spiro atoms. The van der Waals surface area contributed by atoms with Gasteiger partial charge in [-0.05, 0) is 44.5 Å². The summed E-state index contributed by atoms with van der Waals surface area (Å²) >= 11 is 0. The molecule has 0 aliphatic heterocycles. The van der Waals surface area contributed by atoms with Crippen molar-refractivity contribution in [2.24, 2.45) is 0 Å². The van der Waals surface area contributed by atoms with E-state index in [-0.39, 0.29) is 7.69 Å². The summed E-state index contributed by atoms with van der Waals surface area (Å²) in [5, 5.41) is 21.9. The van der Waals surface area contributed by atoms with E-state index in [1.807, 2.05) is 0 Å². The van der Waals surface area contributed by atoms with Crippen molar-refractivity contribution in [3.8, 4) is 0 Å². The molecule has 4 rings (SSSR count). The summed E-state index contributed by atoms with van der Waals surface area (Å²) in [7, 11) is 0. The van der Waals surface area contributed by atoms with Crippen molar-refractivity contribution >= 4 is 40.0 Å². The lowest BCUT2D eigenvalue weighted by molar-refractivity contribution is 0.448. The van der Waals surface area contributed by atoms with Gasteiger partial charge in [-0.15, -0.1) is 0 Å². The molecule has 0 aliphatic rings. The van der Waals surface area contributed by atoms with Crippen molar-refractivity contribution in [2.75, 3.05) is 0 Å². The Bertz CT molecular complexity index is 897. The molecule has 0 aliphatic carbocycles. The molecule has 0 aromatic heterocycles. The fourth-order valence-electron chi connectivity index (χ4n) is 2.70. The second-order valence-electron chi connectivity index (χ2n) is 4.82. The van der Waals surface area contributed by atoms with Crippen molar-refractivity contribution in [3.63, 3.8) is 0 Å². The SMILES string of the molecule is O[B]O.c1ccc2cc3c(ccc4ccccc43)cc2c1. The Morgan fingerprint density at radius 1 is 0.524 bits per heavy atom. The van der Waals surface area contributed by atoms with Gasteiger partial charge >= 0.3 is 7.69 Å². The highest BCUT2D eigenvalue weighted by Gasteiger charge is 2.01. The maximum atomic E-state index is 7.00. The third-order valence-corrected chi connectivity index (χ3v) is 3.61. The summed E-state index contributed by atoms with van der Waals surface area (Å²) in [4.78, 5) is 0. The van der Waals surface area contributed by atoms with Crippen LogP contribution in [0, 0.1) is 0 Å². The molecular formula is C18H14BO2. The van der Waals surface area contributed by atoms with Crippen molar-refractivity contribution < 1.29 is 10.0 Å². The average Bonchev–Trinajstić information content (AvgIpc) is 2.54. The summed E-state index contributed by atoms with van der Waals surface area (Å²) < 4.78 is 0. The number of hydrogen-bond acceptors (Lipinski definition) is 2. The smallest absolute Gasteiger partial charge is 0.429 e. The van der Waals surface area contributed by atoms with Gasteiger partial charge in [-0.2, -0.15) is 0 Å². The number of rotatable bonds is 0. The van der Waals surface area contributed by atoms with E-state index in [0.717, 1.165) is 0 Å². The molecule has 2 nitrogen and oxygen atoms in total. The summed E-state index contributed by atoms with van der Waals surface area (Å²) in [6.07, 6.45) is 0. The van der Waals surface area contributed by atoms with E-state index < -0.39 is 0 Å². The number of fused-ring (bicyclic) bond motifs is 4. The van der Waals surface area contributed by atoms with E-state index in [0.29, 0.717) is 0 Å². The minimum atomic E-state index is 0. The van der Waals surface area contributed by atoms with Crippen molar-refractivity contribution in [1.29, 1.82) is 0 Å². The van der Waals surface area contributed by atoms with Crippen LogP contribution in [-0.4, -0.2) is 17.7 Å². The van der Waals surface area contributed by atoms with Gasteiger partial charge in [0.1, 0.15) is 0 Å². The lowest BCUT2D eigenvalue weighted by Crippen LogP contribution is -1.79. The molecule has 0 amide bonds. The maximum Gasteiger partial charge on any atom is 0.482 e. The molecule has 0 fully saturated rings. The average molecular weight is 273 g/mol. The van der Waals surface area contributed by atoms with Crippen LogP contribution in [0.2, 0.25) is 0 Å². The van der Waals surface area contributed by atoms with Crippen LogP contribution in [0.4, 0.5) is 0 Å². The number of benzene rings is 4. The van der Waals surface area contributed by atoms with Crippen molar-refractivity contribution in [1.82, 2.24) is 0 Å². The predicted octanol–water partition coefficient (Wildman–Crippen LogP) is 3.65. The first-order valence-corrected chi connectivity index (χ1v) is 6.74. The topological polar surface area (TPSA) is 40.5 Å². The Kier molecular flexibility index (Phi) is 3.86. The summed E-state index contributed by atoms with van der Waals surface area (Å²) in [6.45, 7) is 0. The zero-order valence-corrected chi connectivity index (χ0v) is 11.4. The number of hydrogen-bond donors (Lipinski definition) is 2. The third kappa shape index (κ3) is 2.61. The van der Waals surface area contributed by atoms with Gasteiger partial charge in [-0.3, -0.25) is 0 Å². The summed E-state index contributed by atoms with van der Waals surface area (Å²) in [5.74, 6) is 0. The molecule has 0 heterocycles. The fraction of sp³-hybridized carbons (Fsp3) is 0. The van der Waals surface area contributed by atoms with Gasteiger partial charge in [-0.25, -0.2) is 0 Å². The van der Waals surface area contributed by atoms with Crippen LogP contribution in [0.3, 0.4) is 0 Å². The Labute approximate surface area is 123 Å². The van der Waals surface area contributed by atoms with Crippen LogP contribution in [0.25, 0.3) is 32.3 Å². The highest BCUT2D eigenvalue weighted by Crippen LogP contribution is 2.29. The molecule has 4 aromatic rings. The quantitative estimate of drug-likeness (QED) is 0.291. The first-order chi connectivity index (χ1) is 10.3. The highest BCUT2D eigenvalue weighted by atomic mass is 16.4. The van der Waals surface area contributed by atoms with Gasteiger partial charge in [0, 0.05) is 0 Å². The monoisotopic (exact) mass is 273 g/mol. The van der Waals surface area contributed by atoms with Crippen molar-refractivity contribution in [3.05, 3.63) is 72.8 Å². The minimum Gasteiger partial charge on any atom is -0.429 e. The van der Waals surface area contributed by atoms with Crippen LogP contribution in [-0.2, 0) is 0 Å². The third-order valence-electron chi connectivity index (χ3n) is 3.61. The summed E-state index contributed by atoms with van der Waals surface area (Å²) in [6, 6.07) is 26.1. The first-order valence-electron chi connectivity index (χ1n) is 6.74. The lowest BCUT2D eigenvalue weighted by atomic mass is 9.98. The second-order valence-corrected chi connectivity index (χ2v) is 4.82. The molecule has 1 radical (unpaired) electrons. The van der Waals surface area contributed by atoms with E-state index >= 15 is 0 Å². The Hall–Kier alpha value is -2.36. The first kappa shape index (κ1) is 13.6. The lowest BCUT2D eigenvalue weighted by Gasteiger charge is -2.06. The minimum absolute atomic E-state index is 0. The van der Waals surface area contributed by atoms with Crippen LogP contribution in [0.15, 0.2) is 72.8 Å². The van der Waals surface area contributed by atoms with Gasteiger partial charge in [0.05, 0.1) is 0 Å². The van der Waals surface area contributed by atoms with E-state index in [2.05, 4.69) is 72.8 Å². The van der Waals surface area contributed by atoms with Crippen LogP contribution < -0.4 is 0 Å². The molecule has 0 atom stereocenters. The maximum absolute atomic E-state index is 7.00. The van der Waals surface area contributed by atoms with Gasteiger partial charge < -0.3 is 10.0 Å². The highest BCUT2D eigenvalue weighted by molar-refractivity contribution is 6.13. The standard InChI is InChI=1S/C18H12.BH2O2/c1-2-7-15-12-18-16(11-14(15)6-1)10-9-13-5-3-4-8-17(13)18;2-1-3/h1-12H;2-3H. The molecule has 4 aromatic carbocycles. The van der Waals surface area contributed by atoms with Gasteiger partial charge in [0.25, 0.3) is 0 Å². The van der Waals surface area contributed by atoms with Gasteiger partial charge in [0.15, 0.2) is 0 Å². The largest absolute Gasteiger partial charge is 0.482 e. The van der Waals surface area contributed by atoms with Crippen LogP contribution in [0.5, 0.6) is 0 Å². The summed E-state index contributed by atoms with van der Waals surface area (Å²) in [5.41, 5.74) is 0. The zero-order valence-electron chi connectivity index (χ0n) is 11.4. The fourth-order valence-corrected chi connectivity index (χ4v) is 2.70. The van der Waals surface area contributed by atoms with Gasteiger partial charge in [-0.1, -0.05) is 60.7 Å². The normalized spacial score (nSPS) is 10.4. The molecule has 21 heavy (non-hydrogen) atoms. The zero-order chi connectivity index (χ0) is 14.7. The van der Waals surface area contributed by atoms with E-state index in [4.69, 9.17) is 10.0 Å². The molecule has 2 N–H and O–H groups in total. The molecule has 0 bridgehead atoms. The van der Waals surface area contributed by atoms with E-state index in [1.54, 1.807) is 0 Å². The Morgan fingerprint density at radius 2 is 1.05 bits per heavy atom. The molecule has 101 valence electrons. The molecular weight excluding hydrogens is 259 g/mol. The molecule has 0 unspecified atom stereocenters. The van der Waals surface area contributed by atoms with Crippen molar-refractivity contribution in [2.45, 2.75) is 0 Å². The van der Waals surface area contributed by atoms with Crippen LogP contribution >= 0.6 is 0 Å². The van der Waals surface area contributed by atoms with E-state index in [9.17, 15) is 0 Å². The Morgan fingerprint density at radius 3 is 1.76 bits per heavy atom. The second kappa shape index (κ2) is 5.96. The van der Waals surface area contributed by atoms with Gasteiger partial charge in [0.2, 0.25) is 0 Å². The van der Waals surface area contributed by atoms with Crippen LogP contribution in [0.1, 0.15) is 0 Å². The molecule has 0 saturated heterocycles. The molecule has 3 heteroatoms. The van der Waals surface area contributed by atoms with E-state index in [1.165, 1.54) is 32.3 Å². The Balaban J connectivity index is 0.000000409. The predicted molar refractivity (Wildman–Crippen MR) is 89.2 cm³/mol.